The van der Waals surface area contributed by atoms with Crippen molar-refractivity contribution in [3.8, 4) is 11.5 Å². The van der Waals surface area contributed by atoms with Crippen molar-refractivity contribution in [2.24, 2.45) is 5.41 Å². The number of ether oxygens (including phenoxy) is 2. The quantitative estimate of drug-likeness (QED) is 0.824. The third-order valence-corrected chi connectivity index (χ3v) is 2.95. The third-order valence-electron chi connectivity index (χ3n) is 2.95. The van der Waals surface area contributed by atoms with Gasteiger partial charge in [0.1, 0.15) is 11.5 Å². The van der Waals surface area contributed by atoms with Crippen LogP contribution in [-0.2, 0) is 4.74 Å². The van der Waals surface area contributed by atoms with Crippen LogP contribution in [0.25, 0.3) is 0 Å². The Labute approximate surface area is 89.6 Å². The van der Waals surface area contributed by atoms with Crippen molar-refractivity contribution in [1.29, 1.82) is 0 Å². The van der Waals surface area contributed by atoms with Crippen LogP contribution in [0.5, 0.6) is 11.5 Å². The number of phenols is 1. The molecule has 1 aliphatic rings. The van der Waals surface area contributed by atoms with Gasteiger partial charge >= 0.3 is 0 Å². The lowest BCUT2D eigenvalue weighted by Gasteiger charge is -2.40. The molecule has 3 heteroatoms. The monoisotopic (exact) mass is 208 g/mol. The first-order chi connectivity index (χ1) is 7.24. The number of hydrogen-bond donors (Lipinski definition) is 1. The SMILES string of the molecule is CCC1(COc2ccc(O)cc2)COC1. The van der Waals surface area contributed by atoms with Gasteiger partial charge in [-0.05, 0) is 30.7 Å². The lowest BCUT2D eigenvalue weighted by molar-refractivity contribution is -0.133. The second-order valence-corrected chi connectivity index (χ2v) is 4.13. The molecule has 1 aliphatic heterocycles. The fourth-order valence-electron chi connectivity index (χ4n) is 1.56. The fourth-order valence-corrected chi connectivity index (χ4v) is 1.56. The Morgan fingerprint density at radius 1 is 1.33 bits per heavy atom. The van der Waals surface area contributed by atoms with Gasteiger partial charge in [-0.3, -0.25) is 0 Å². The van der Waals surface area contributed by atoms with Gasteiger partial charge in [0, 0.05) is 0 Å². The molecule has 0 aromatic heterocycles. The first kappa shape index (κ1) is 10.3. The summed E-state index contributed by atoms with van der Waals surface area (Å²) in [6, 6.07) is 6.81. The summed E-state index contributed by atoms with van der Waals surface area (Å²) in [4.78, 5) is 0. The lowest BCUT2D eigenvalue weighted by atomic mass is 9.84. The van der Waals surface area contributed by atoms with Crippen molar-refractivity contribution in [2.45, 2.75) is 13.3 Å². The highest BCUT2D eigenvalue weighted by molar-refractivity contribution is 5.30. The summed E-state index contributed by atoms with van der Waals surface area (Å²) in [6.45, 7) is 4.43. The van der Waals surface area contributed by atoms with Gasteiger partial charge in [-0.15, -0.1) is 0 Å². The standard InChI is InChI=1S/C12H16O3/c1-2-12(7-14-8-12)9-15-11-5-3-10(13)4-6-11/h3-6,13H,2,7-9H2,1H3. The molecule has 0 unspecified atom stereocenters. The molecule has 0 radical (unpaired) electrons. The minimum atomic E-state index is 0.206. The van der Waals surface area contributed by atoms with Crippen molar-refractivity contribution >= 4 is 0 Å². The third kappa shape index (κ3) is 2.23. The van der Waals surface area contributed by atoms with Crippen molar-refractivity contribution in [3.63, 3.8) is 0 Å². The van der Waals surface area contributed by atoms with Crippen LogP contribution >= 0.6 is 0 Å². The normalized spacial score (nSPS) is 18.2. The topological polar surface area (TPSA) is 38.7 Å². The Hall–Kier alpha value is -1.22. The van der Waals surface area contributed by atoms with E-state index < -0.39 is 0 Å². The molecule has 0 bridgehead atoms. The zero-order chi connectivity index (χ0) is 10.7. The van der Waals surface area contributed by atoms with E-state index in [-0.39, 0.29) is 11.2 Å². The summed E-state index contributed by atoms with van der Waals surface area (Å²) in [5, 5.41) is 9.11. The molecular formula is C12H16O3. The predicted octanol–water partition coefficient (Wildman–Crippen LogP) is 2.20. The fraction of sp³-hybridized carbons (Fsp3) is 0.500. The molecule has 1 saturated heterocycles. The molecule has 0 saturated carbocycles. The largest absolute Gasteiger partial charge is 0.508 e. The minimum absolute atomic E-state index is 0.206. The first-order valence-electron chi connectivity index (χ1n) is 5.24. The van der Waals surface area contributed by atoms with Crippen molar-refractivity contribution in [3.05, 3.63) is 24.3 Å². The highest BCUT2D eigenvalue weighted by atomic mass is 16.5. The van der Waals surface area contributed by atoms with Gasteiger partial charge in [-0.1, -0.05) is 6.92 Å². The van der Waals surface area contributed by atoms with Crippen molar-refractivity contribution < 1.29 is 14.6 Å². The van der Waals surface area contributed by atoms with Gasteiger partial charge in [-0.25, -0.2) is 0 Å². The number of hydrogen-bond acceptors (Lipinski definition) is 3. The molecule has 0 spiro atoms. The maximum absolute atomic E-state index is 9.11. The van der Waals surface area contributed by atoms with Crippen LogP contribution in [0.1, 0.15) is 13.3 Å². The summed E-state index contributed by atoms with van der Waals surface area (Å²) >= 11 is 0. The number of aromatic hydroxyl groups is 1. The van der Waals surface area contributed by atoms with E-state index >= 15 is 0 Å². The van der Waals surface area contributed by atoms with E-state index in [4.69, 9.17) is 14.6 Å². The molecule has 1 N–H and O–H groups in total. The Bertz CT molecular complexity index is 309. The molecule has 82 valence electrons. The van der Waals surface area contributed by atoms with E-state index in [1.807, 2.05) is 0 Å². The molecular weight excluding hydrogens is 192 g/mol. The summed E-state index contributed by atoms with van der Waals surface area (Å²) in [5.41, 5.74) is 0.206. The van der Waals surface area contributed by atoms with E-state index in [0.717, 1.165) is 25.4 Å². The zero-order valence-corrected chi connectivity index (χ0v) is 8.90. The van der Waals surface area contributed by atoms with Crippen LogP contribution < -0.4 is 4.74 Å². The number of phenolic OH excluding ortho intramolecular Hbond substituents is 1. The summed E-state index contributed by atoms with van der Waals surface area (Å²) in [7, 11) is 0. The molecule has 15 heavy (non-hydrogen) atoms. The van der Waals surface area contributed by atoms with E-state index in [9.17, 15) is 0 Å². The van der Waals surface area contributed by atoms with Gasteiger partial charge in [0.15, 0.2) is 0 Å². The van der Waals surface area contributed by atoms with Crippen LogP contribution in [-0.4, -0.2) is 24.9 Å². The highest BCUT2D eigenvalue weighted by Gasteiger charge is 2.37. The van der Waals surface area contributed by atoms with Gasteiger partial charge in [0.25, 0.3) is 0 Å². The maximum Gasteiger partial charge on any atom is 0.119 e. The molecule has 2 rings (SSSR count). The molecule has 3 nitrogen and oxygen atoms in total. The van der Waals surface area contributed by atoms with Crippen molar-refractivity contribution in [2.75, 3.05) is 19.8 Å². The van der Waals surface area contributed by atoms with Gasteiger partial charge in [0.2, 0.25) is 0 Å². The van der Waals surface area contributed by atoms with Crippen LogP contribution in [0, 0.1) is 5.41 Å². The van der Waals surface area contributed by atoms with Crippen LogP contribution in [0.15, 0.2) is 24.3 Å². The van der Waals surface area contributed by atoms with Crippen LogP contribution in [0.2, 0.25) is 0 Å². The molecule has 1 heterocycles. The van der Waals surface area contributed by atoms with E-state index in [1.54, 1.807) is 24.3 Å². The summed E-state index contributed by atoms with van der Waals surface area (Å²) in [6.07, 6.45) is 1.07. The number of benzene rings is 1. The second-order valence-electron chi connectivity index (χ2n) is 4.13. The number of rotatable bonds is 4. The Morgan fingerprint density at radius 2 is 2.00 bits per heavy atom. The molecule has 0 amide bonds. The first-order valence-corrected chi connectivity index (χ1v) is 5.24. The molecule has 0 atom stereocenters. The zero-order valence-electron chi connectivity index (χ0n) is 8.90. The molecule has 1 aromatic carbocycles. The predicted molar refractivity (Wildman–Crippen MR) is 57.1 cm³/mol. The molecule has 0 aliphatic carbocycles. The maximum atomic E-state index is 9.11. The van der Waals surface area contributed by atoms with Crippen molar-refractivity contribution in [1.82, 2.24) is 0 Å². The van der Waals surface area contributed by atoms with E-state index in [2.05, 4.69) is 6.92 Å². The average Bonchev–Trinajstić information content (AvgIpc) is 2.20. The molecule has 1 aromatic rings. The second kappa shape index (κ2) is 4.11. The Balaban J connectivity index is 1.90. The summed E-state index contributed by atoms with van der Waals surface area (Å²) < 4.78 is 10.9. The smallest absolute Gasteiger partial charge is 0.119 e. The van der Waals surface area contributed by atoms with Crippen LogP contribution in [0.3, 0.4) is 0 Å². The lowest BCUT2D eigenvalue weighted by Crippen LogP contribution is -2.46. The average molecular weight is 208 g/mol. The van der Waals surface area contributed by atoms with E-state index in [1.165, 1.54) is 0 Å². The van der Waals surface area contributed by atoms with Gasteiger partial charge in [0.05, 0.1) is 25.2 Å². The van der Waals surface area contributed by atoms with E-state index in [0.29, 0.717) is 6.61 Å². The Kier molecular flexibility index (Phi) is 2.82. The molecule has 1 fully saturated rings. The van der Waals surface area contributed by atoms with Crippen LogP contribution in [0.4, 0.5) is 0 Å². The van der Waals surface area contributed by atoms with Gasteiger partial charge < -0.3 is 14.6 Å². The minimum Gasteiger partial charge on any atom is -0.508 e. The summed E-state index contributed by atoms with van der Waals surface area (Å²) in [5.74, 6) is 1.06. The highest BCUT2D eigenvalue weighted by Crippen LogP contribution is 2.32. The van der Waals surface area contributed by atoms with Gasteiger partial charge in [-0.2, -0.15) is 0 Å². The Morgan fingerprint density at radius 3 is 2.47 bits per heavy atom.